The largest absolute Gasteiger partial charge is 0.354 e. The van der Waals surface area contributed by atoms with Crippen molar-refractivity contribution in [2.45, 2.75) is 18.5 Å². The van der Waals surface area contributed by atoms with Gasteiger partial charge in [-0.3, -0.25) is 4.98 Å². The number of hydrogen-bond donors (Lipinski definition) is 0. The first-order valence-corrected chi connectivity index (χ1v) is 7.15. The maximum Gasteiger partial charge on any atom is 0.148 e. The van der Waals surface area contributed by atoms with Crippen molar-refractivity contribution in [3.8, 4) is 0 Å². The second kappa shape index (κ2) is 6.02. The third-order valence-corrected chi connectivity index (χ3v) is 3.47. The van der Waals surface area contributed by atoms with E-state index in [1.807, 2.05) is 24.3 Å². The van der Waals surface area contributed by atoms with Crippen LogP contribution in [0.2, 0.25) is 0 Å². The lowest BCUT2D eigenvalue weighted by Crippen LogP contribution is -2.18. The van der Waals surface area contributed by atoms with E-state index in [9.17, 15) is 4.39 Å². The van der Waals surface area contributed by atoms with Gasteiger partial charge in [-0.1, -0.05) is 12.1 Å². The maximum atomic E-state index is 13.5. The molecule has 0 saturated carbocycles. The quantitative estimate of drug-likeness (QED) is 0.802. The number of nitrogens with zero attached hydrogens (tertiary/aromatic N) is 3. The Kier molecular flexibility index (Phi) is 4.37. The van der Waals surface area contributed by atoms with Gasteiger partial charge >= 0.3 is 0 Å². The van der Waals surface area contributed by atoms with Crippen LogP contribution in [0.1, 0.15) is 11.1 Å². The second-order valence-corrected chi connectivity index (χ2v) is 5.19. The summed E-state index contributed by atoms with van der Waals surface area (Å²) in [6, 6.07) is 5.29. The fourth-order valence-electron chi connectivity index (χ4n) is 1.71. The highest BCUT2D eigenvalue weighted by Gasteiger charge is 2.07. The molecule has 0 amide bonds. The number of aryl methyl sites for hydroxylation is 1. The minimum atomic E-state index is -0.171. The maximum absolute atomic E-state index is 13.5. The van der Waals surface area contributed by atoms with Gasteiger partial charge in [0.05, 0.1) is 12.4 Å². The van der Waals surface area contributed by atoms with E-state index < -0.39 is 0 Å². The number of anilines is 1. The molecule has 2 rings (SSSR count). The van der Waals surface area contributed by atoms with E-state index in [-0.39, 0.29) is 5.82 Å². The standard InChI is InChI=1S/C14H16FN3S/c1-10-4-5-11(6-12(10)15)9-18(2)13-7-16-8-14(17-13)19-3/h4-8H,9H2,1-3H3. The van der Waals surface area contributed by atoms with Crippen molar-refractivity contribution < 1.29 is 4.39 Å². The highest BCUT2D eigenvalue weighted by atomic mass is 32.2. The highest BCUT2D eigenvalue weighted by molar-refractivity contribution is 7.98. The van der Waals surface area contributed by atoms with Gasteiger partial charge in [0.25, 0.3) is 0 Å². The van der Waals surface area contributed by atoms with E-state index in [0.29, 0.717) is 12.1 Å². The number of aromatic nitrogens is 2. The number of benzene rings is 1. The second-order valence-electron chi connectivity index (χ2n) is 4.36. The van der Waals surface area contributed by atoms with E-state index >= 15 is 0 Å². The Hall–Kier alpha value is -1.62. The van der Waals surface area contributed by atoms with Crippen molar-refractivity contribution in [3.05, 3.63) is 47.5 Å². The minimum absolute atomic E-state index is 0.171. The number of thioether (sulfide) groups is 1. The summed E-state index contributed by atoms with van der Waals surface area (Å²) in [5.74, 6) is 0.614. The van der Waals surface area contributed by atoms with Gasteiger partial charge in [0.15, 0.2) is 0 Å². The van der Waals surface area contributed by atoms with Crippen molar-refractivity contribution in [3.63, 3.8) is 0 Å². The smallest absolute Gasteiger partial charge is 0.148 e. The molecular weight excluding hydrogens is 261 g/mol. The predicted molar refractivity (Wildman–Crippen MR) is 77.1 cm³/mol. The van der Waals surface area contributed by atoms with Crippen molar-refractivity contribution in [2.24, 2.45) is 0 Å². The summed E-state index contributed by atoms with van der Waals surface area (Å²) in [5.41, 5.74) is 1.58. The Morgan fingerprint density at radius 2 is 2.11 bits per heavy atom. The molecule has 0 bridgehead atoms. The monoisotopic (exact) mass is 277 g/mol. The van der Waals surface area contributed by atoms with Crippen molar-refractivity contribution >= 4 is 17.6 Å². The van der Waals surface area contributed by atoms with Gasteiger partial charge < -0.3 is 4.90 Å². The molecule has 100 valence electrons. The van der Waals surface area contributed by atoms with Crippen molar-refractivity contribution in [1.82, 2.24) is 9.97 Å². The van der Waals surface area contributed by atoms with E-state index in [4.69, 9.17) is 0 Å². The Bertz CT molecular complexity index is 574. The molecule has 0 aliphatic rings. The van der Waals surface area contributed by atoms with Gasteiger partial charge in [0.1, 0.15) is 16.7 Å². The van der Waals surface area contributed by atoms with Crippen LogP contribution in [0.15, 0.2) is 35.6 Å². The van der Waals surface area contributed by atoms with E-state index in [1.54, 1.807) is 43.2 Å². The molecular formula is C14H16FN3S. The van der Waals surface area contributed by atoms with Crippen LogP contribution < -0.4 is 4.90 Å². The Balaban J connectivity index is 2.15. The average molecular weight is 277 g/mol. The predicted octanol–water partition coefficient (Wildman–Crippen LogP) is 3.28. The Morgan fingerprint density at radius 1 is 1.32 bits per heavy atom. The van der Waals surface area contributed by atoms with Crippen LogP contribution in [0.5, 0.6) is 0 Å². The summed E-state index contributed by atoms with van der Waals surface area (Å²) < 4.78 is 13.5. The lowest BCUT2D eigenvalue weighted by molar-refractivity contribution is 0.615. The van der Waals surface area contributed by atoms with Crippen molar-refractivity contribution in [2.75, 3.05) is 18.2 Å². The van der Waals surface area contributed by atoms with E-state index in [1.165, 1.54) is 0 Å². The average Bonchev–Trinajstić information content (AvgIpc) is 2.43. The Morgan fingerprint density at radius 3 is 2.79 bits per heavy atom. The summed E-state index contributed by atoms with van der Waals surface area (Å²) in [6.07, 6.45) is 5.40. The van der Waals surface area contributed by atoms with Crippen LogP contribution in [0.3, 0.4) is 0 Å². The van der Waals surface area contributed by atoms with Crippen molar-refractivity contribution in [1.29, 1.82) is 0 Å². The summed E-state index contributed by atoms with van der Waals surface area (Å²) >= 11 is 1.55. The SMILES string of the molecule is CSc1cncc(N(C)Cc2ccc(C)c(F)c2)n1. The molecule has 3 nitrogen and oxygen atoms in total. The summed E-state index contributed by atoms with van der Waals surface area (Å²) in [7, 11) is 1.92. The molecule has 0 fully saturated rings. The first-order valence-electron chi connectivity index (χ1n) is 5.92. The van der Waals surface area contributed by atoms with Crippen LogP contribution in [0, 0.1) is 12.7 Å². The third kappa shape index (κ3) is 3.44. The molecule has 2 aromatic rings. The van der Waals surface area contributed by atoms with Gasteiger partial charge in [-0.2, -0.15) is 0 Å². The van der Waals surface area contributed by atoms with Gasteiger partial charge in [-0.15, -0.1) is 11.8 Å². The molecule has 19 heavy (non-hydrogen) atoms. The van der Waals surface area contributed by atoms with Crippen LogP contribution in [-0.4, -0.2) is 23.3 Å². The molecule has 0 spiro atoms. The summed E-state index contributed by atoms with van der Waals surface area (Å²) in [6.45, 7) is 2.36. The van der Waals surface area contributed by atoms with Crippen LogP contribution >= 0.6 is 11.8 Å². The molecule has 0 unspecified atom stereocenters. The first kappa shape index (κ1) is 13.8. The molecule has 5 heteroatoms. The Labute approximate surface area is 116 Å². The fourth-order valence-corrected chi connectivity index (χ4v) is 2.06. The third-order valence-electron chi connectivity index (χ3n) is 2.86. The van der Waals surface area contributed by atoms with E-state index in [0.717, 1.165) is 16.4 Å². The molecule has 0 aliphatic carbocycles. The number of rotatable bonds is 4. The lowest BCUT2D eigenvalue weighted by atomic mass is 10.1. The molecule has 0 saturated heterocycles. The zero-order valence-corrected chi connectivity index (χ0v) is 12.0. The number of halogens is 1. The zero-order chi connectivity index (χ0) is 13.8. The van der Waals surface area contributed by atoms with Gasteiger partial charge in [-0.25, -0.2) is 9.37 Å². The first-order chi connectivity index (χ1) is 9.10. The number of hydrogen-bond acceptors (Lipinski definition) is 4. The van der Waals surface area contributed by atoms with Crippen LogP contribution in [0.25, 0.3) is 0 Å². The molecule has 1 aromatic carbocycles. The normalized spacial score (nSPS) is 10.5. The lowest BCUT2D eigenvalue weighted by Gasteiger charge is -2.18. The summed E-state index contributed by atoms with van der Waals surface area (Å²) in [4.78, 5) is 10.6. The van der Waals surface area contributed by atoms with Crippen LogP contribution in [0.4, 0.5) is 10.2 Å². The summed E-state index contributed by atoms with van der Waals surface area (Å²) in [5, 5.41) is 0.874. The van der Waals surface area contributed by atoms with E-state index in [2.05, 4.69) is 9.97 Å². The van der Waals surface area contributed by atoms with Gasteiger partial charge in [0, 0.05) is 13.6 Å². The van der Waals surface area contributed by atoms with Gasteiger partial charge in [-0.05, 0) is 30.4 Å². The molecule has 1 heterocycles. The topological polar surface area (TPSA) is 29.0 Å². The molecule has 0 aliphatic heterocycles. The van der Waals surface area contributed by atoms with Crippen LogP contribution in [-0.2, 0) is 6.54 Å². The zero-order valence-electron chi connectivity index (χ0n) is 11.2. The molecule has 1 aromatic heterocycles. The highest BCUT2D eigenvalue weighted by Crippen LogP contribution is 2.17. The molecule has 0 radical (unpaired) electrons. The molecule has 0 N–H and O–H groups in total. The fraction of sp³-hybridized carbons (Fsp3) is 0.286. The minimum Gasteiger partial charge on any atom is -0.354 e. The van der Waals surface area contributed by atoms with Gasteiger partial charge in [0.2, 0.25) is 0 Å². The molecule has 0 atom stereocenters.